The first-order chi connectivity index (χ1) is 14.4. The van der Waals surface area contributed by atoms with Gasteiger partial charge in [-0.3, -0.25) is 0 Å². The number of fused-ring (bicyclic) bond motifs is 2. The molecule has 7 heteroatoms. The highest BCUT2D eigenvalue weighted by molar-refractivity contribution is 5.95. The Labute approximate surface area is 181 Å². The lowest BCUT2D eigenvalue weighted by Crippen LogP contribution is -2.34. The van der Waals surface area contributed by atoms with Crippen molar-refractivity contribution in [2.24, 2.45) is 5.92 Å². The maximum atomic E-state index is 13.6. The van der Waals surface area contributed by atoms with Gasteiger partial charge in [0.25, 0.3) is 0 Å². The molecule has 4 atom stereocenters. The van der Waals surface area contributed by atoms with Crippen LogP contribution in [0.2, 0.25) is 0 Å². The Balaban J connectivity index is 2.04. The monoisotopic (exact) mass is 438 g/mol. The first-order valence-electron chi connectivity index (χ1n) is 10.4. The second-order valence-corrected chi connectivity index (χ2v) is 8.78. The second-order valence-electron chi connectivity index (χ2n) is 8.78. The lowest BCUT2D eigenvalue weighted by molar-refractivity contribution is -0.203. The number of carbonyl (C=O) groups excluding carboxylic acids is 1. The lowest BCUT2D eigenvalue weighted by Gasteiger charge is -2.23. The molecule has 2 aliphatic heterocycles. The molecule has 4 nitrogen and oxygen atoms in total. The molecule has 1 saturated heterocycles. The summed E-state index contributed by atoms with van der Waals surface area (Å²) in [5, 5.41) is 0. The Morgan fingerprint density at radius 2 is 1.77 bits per heavy atom. The molecule has 0 aromatic heterocycles. The molecule has 0 amide bonds. The van der Waals surface area contributed by atoms with Gasteiger partial charge in [0.05, 0.1) is 17.8 Å². The Hall–Kier alpha value is -2.12. The van der Waals surface area contributed by atoms with Gasteiger partial charge in [-0.15, -0.1) is 0 Å². The van der Waals surface area contributed by atoms with Crippen molar-refractivity contribution in [1.82, 2.24) is 0 Å². The predicted octanol–water partition coefficient (Wildman–Crippen LogP) is 5.91. The number of hydrogen-bond donors (Lipinski definition) is 0. The van der Waals surface area contributed by atoms with Crippen molar-refractivity contribution in [2.45, 2.75) is 77.7 Å². The van der Waals surface area contributed by atoms with E-state index in [1.165, 1.54) is 6.08 Å². The highest BCUT2D eigenvalue weighted by atomic mass is 19.4. The molecule has 0 N–H and O–H groups in total. The number of ether oxygens (including phenoxy) is 3. The summed E-state index contributed by atoms with van der Waals surface area (Å²) >= 11 is 0. The van der Waals surface area contributed by atoms with Crippen LogP contribution in [0.4, 0.5) is 13.2 Å². The summed E-state index contributed by atoms with van der Waals surface area (Å²) in [5.41, 5.74) is 2.14. The Morgan fingerprint density at radius 3 is 2.45 bits per heavy atom. The molecule has 2 aliphatic rings. The second kappa shape index (κ2) is 8.79. The number of hydrogen-bond acceptors (Lipinski definition) is 4. The van der Waals surface area contributed by atoms with Crippen LogP contribution in [-0.2, 0) is 14.2 Å². The normalized spacial score (nSPS) is 30.1. The maximum absolute atomic E-state index is 13.6. The number of carbonyl (C=O) groups is 1. The van der Waals surface area contributed by atoms with Gasteiger partial charge >= 0.3 is 12.1 Å². The van der Waals surface area contributed by atoms with Gasteiger partial charge in [0.1, 0.15) is 0 Å². The zero-order valence-electron chi connectivity index (χ0n) is 18.5. The van der Waals surface area contributed by atoms with Crippen molar-refractivity contribution in [1.29, 1.82) is 0 Å². The van der Waals surface area contributed by atoms with E-state index in [1.807, 2.05) is 33.8 Å². The fraction of sp³-hybridized carbons (Fsp3) is 0.542. The molecule has 3 rings (SSSR count). The Bertz CT molecular complexity index is 886. The largest absolute Gasteiger partial charge is 0.449 e. The van der Waals surface area contributed by atoms with Crippen LogP contribution in [0.5, 0.6) is 0 Å². The summed E-state index contributed by atoms with van der Waals surface area (Å²) in [6.45, 7) is 9.09. The smallest absolute Gasteiger partial charge is 0.425 e. The lowest BCUT2D eigenvalue weighted by atomic mass is 9.95. The number of rotatable bonds is 0. The SMILES string of the molecule is Cc1cc(C)c2c(c1)/C=C/C[C@@H]1OC(C)(C)O[C@@H]1C(C)C=CC[C@H](C(F)(F)F)OC2=O. The first kappa shape index (κ1) is 23.5. The first-order valence-corrected chi connectivity index (χ1v) is 10.4. The van der Waals surface area contributed by atoms with Crippen LogP contribution < -0.4 is 0 Å². The van der Waals surface area contributed by atoms with Crippen molar-refractivity contribution in [3.05, 3.63) is 52.6 Å². The number of halogens is 3. The molecule has 1 aromatic carbocycles. The number of benzene rings is 1. The van der Waals surface area contributed by atoms with E-state index in [0.717, 1.165) is 5.56 Å². The van der Waals surface area contributed by atoms with Crippen molar-refractivity contribution in [3.8, 4) is 0 Å². The van der Waals surface area contributed by atoms with Crippen LogP contribution in [0.1, 0.15) is 60.7 Å². The van der Waals surface area contributed by atoms with Crippen LogP contribution in [0.25, 0.3) is 6.08 Å². The van der Waals surface area contributed by atoms with Gasteiger partial charge in [-0.2, -0.15) is 13.2 Å². The predicted molar refractivity (Wildman–Crippen MR) is 112 cm³/mol. The molecule has 170 valence electrons. The molecule has 0 bridgehead atoms. The third-order valence-electron chi connectivity index (χ3n) is 5.52. The van der Waals surface area contributed by atoms with Crippen molar-refractivity contribution in [3.63, 3.8) is 0 Å². The highest BCUT2D eigenvalue weighted by Gasteiger charge is 2.44. The molecular weight excluding hydrogens is 409 g/mol. The van der Waals surface area contributed by atoms with E-state index in [1.54, 1.807) is 31.2 Å². The van der Waals surface area contributed by atoms with Crippen LogP contribution in [-0.4, -0.2) is 36.2 Å². The van der Waals surface area contributed by atoms with Gasteiger partial charge in [0, 0.05) is 12.3 Å². The molecule has 1 fully saturated rings. The van der Waals surface area contributed by atoms with E-state index in [2.05, 4.69) is 0 Å². The molecule has 31 heavy (non-hydrogen) atoms. The van der Waals surface area contributed by atoms with Gasteiger partial charge in [-0.05, 0) is 45.2 Å². The van der Waals surface area contributed by atoms with Crippen molar-refractivity contribution < 1.29 is 32.2 Å². The number of esters is 1. The van der Waals surface area contributed by atoms with E-state index < -0.39 is 30.5 Å². The van der Waals surface area contributed by atoms with Crippen molar-refractivity contribution in [2.75, 3.05) is 0 Å². The highest BCUT2D eigenvalue weighted by Crippen LogP contribution is 2.35. The molecule has 0 aliphatic carbocycles. The van der Waals surface area contributed by atoms with Gasteiger partial charge in [0.15, 0.2) is 5.79 Å². The van der Waals surface area contributed by atoms with Gasteiger partial charge in [-0.25, -0.2) is 4.79 Å². The molecule has 1 aromatic rings. The standard InChI is InChI=1S/C24H29F3O4/c1-14-12-16(3)20-17(13-14)9-7-10-18-21(31-23(4,5)30-18)15(2)8-6-11-19(24(25,26)27)29-22(20)28/h6-9,12-13,15,18-19,21H,10-11H2,1-5H3/b8-6?,9-7+/t15?,18-,19+,21+/m0/s1. The minimum absolute atomic E-state index is 0.144. The summed E-state index contributed by atoms with van der Waals surface area (Å²) in [6.07, 6.45) is -0.675. The van der Waals surface area contributed by atoms with Gasteiger partial charge in [0.2, 0.25) is 6.10 Å². The Morgan fingerprint density at radius 1 is 1.06 bits per heavy atom. The van der Waals surface area contributed by atoms with Crippen LogP contribution >= 0.6 is 0 Å². The van der Waals surface area contributed by atoms with Crippen molar-refractivity contribution >= 4 is 12.0 Å². The van der Waals surface area contributed by atoms with E-state index in [0.29, 0.717) is 17.5 Å². The number of alkyl halides is 3. The number of cyclic esters (lactones) is 1. The summed E-state index contributed by atoms with van der Waals surface area (Å²) in [7, 11) is 0. The zero-order valence-corrected chi connectivity index (χ0v) is 18.5. The molecular formula is C24H29F3O4. The van der Waals surface area contributed by atoms with E-state index in [9.17, 15) is 18.0 Å². The summed E-state index contributed by atoms with van der Waals surface area (Å²) < 4.78 is 57.7. The number of aryl methyl sites for hydroxylation is 2. The van der Waals surface area contributed by atoms with Crippen LogP contribution in [0.15, 0.2) is 30.4 Å². The molecule has 0 radical (unpaired) electrons. The molecule has 1 unspecified atom stereocenters. The van der Waals surface area contributed by atoms with E-state index >= 15 is 0 Å². The summed E-state index contributed by atoms with van der Waals surface area (Å²) in [4.78, 5) is 12.8. The topological polar surface area (TPSA) is 44.8 Å². The molecule has 0 spiro atoms. The fourth-order valence-electron chi connectivity index (χ4n) is 4.19. The van der Waals surface area contributed by atoms with Gasteiger partial charge < -0.3 is 14.2 Å². The average molecular weight is 438 g/mol. The summed E-state index contributed by atoms with van der Waals surface area (Å²) in [5.74, 6) is -1.93. The summed E-state index contributed by atoms with van der Waals surface area (Å²) in [6, 6.07) is 3.53. The zero-order chi connectivity index (χ0) is 23.0. The van der Waals surface area contributed by atoms with Crippen LogP contribution in [0.3, 0.4) is 0 Å². The minimum atomic E-state index is -4.67. The maximum Gasteiger partial charge on any atom is 0.425 e. The quantitative estimate of drug-likeness (QED) is 0.373. The Kier molecular flexibility index (Phi) is 6.67. The van der Waals surface area contributed by atoms with E-state index in [-0.39, 0.29) is 23.7 Å². The van der Waals surface area contributed by atoms with Gasteiger partial charge in [-0.1, -0.05) is 48.9 Å². The van der Waals surface area contributed by atoms with E-state index in [4.69, 9.17) is 14.2 Å². The average Bonchev–Trinajstić information content (AvgIpc) is 2.93. The fourth-order valence-corrected chi connectivity index (χ4v) is 4.19. The van der Waals surface area contributed by atoms with Crippen LogP contribution in [0, 0.1) is 19.8 Å². The third-order valence-corrected chi connectivity index (χ3v) is 5.52. The third kappa shape index (κ3) is 5.57. The molecule has 2 heterocycles. The molecule has 0 saturated carbocycles. The minimum Gasteiger partial charge on any atom is -0.449 e.